The van der Waals surface area contributed by atoms with Gasteiger partial charge in [-0.1, -0.05) is 23.7 Å². The summed E-state index contributed by atoms with van der Waals surface area (Å²) in [5.74, 6) is 5.85. The average Bonchev–Trinajstić information content (AvgIpc) is 2.87. The molecule has 1 aromatic heterocycles. The number of aromatic nitrogens is 3. The SMILES string of the molecule is CCn1ncnc1CC(NN)c1cccc(F)c1Cl. The Bertz CT molecular complexity index is 557. The van der Waals surface area contributed by atoms with Crippen LogP contribution in [0.4, 0.5) is 4.39 Å². The van der Waals surface area contributed by atoms with Crippen LogP contribution in [0.25, 0.3) is 0 Å². The van der Waals surface area contributed by atoms with Gasteiger partial charge >= 0.3 is 0 Å². The molecule has 0 bridgehead atoms. The molecule has 1 aromatic carbocycles. The van der Waals surface area contributed by atoms with Crippen LogP contribution >= 0.6 is 11.6 Å². The number of nitrogens with zero attached hydrogens (tertiary/aromatic N) is 3. The lowest BCUT2D eigenvalue weighted by molar-refractivity contribution is 0.507. The van der Waals surface area contributed by atoms with Crippen LogP contribution in [0.15, 0.2) is 24.5 Å². The molecule has 5 nitrogen and oxygen atoms in total. The highest BCUT2D eigenvalue weighted by Gasteiger charge is 2.18. The third-order valence-corrected chi connectivity index (χ3v) is 3.34. The summed E-state index contributed by atoms with van der Waals surface area (Å²) in [4.78, 5) is 4.17. The van der Waals surface area contributed by atoms with Crippen LogP contribution in [-0.2, 0) is 13.0 Å². The lowest BCUT2D eigenvalue weighted by Gasteiger charge is -2.17. The summed E-state index contributed by atoms with van der Waals surface area (Å²) in [7, 11) is 0. The lowest BCUT2D eigenvalue weighted by Crippen LogP contribution is -2.30. The first-order valence-corrected chi connectivity index (χ1v) is 6.31. The van der Waals surface area contributed by atoms with Crippen LogP contribution in [-0.4, -0.2) is 14.8 Å². The van der Waals surface area contributed by atoms with Gasteiger partial charge in [-0.3, -0.25) is 16.0 Å². The first kappa shape index (κ1) is 13.9. The van der Waals surface area contributed by atoms with Gasteiger partial charge in [-0.05, 0) is 18.6 Å². The van der Waals surface area contributed by atoms with Gasteiger partial charge in [-0.25, -0.2) is 9.37 Å². The molecular weight excluding hydrogens is 269 g/mol. The van der Waals surface area contributed by atoms with Crippen LogP contribution in [0.5, 0.6) is 0 Å². The zero-order valence-electron chi connectivity index (χ0n) is 10.5. The largest absolute Gasteiger partial charge is 0.271 e. The molecule has 0 aliphatic heterocycles. The molecule has 0 aliphatic carbocycles. The van der Waals surface area contributed by atoms with Gasteiger partial charge in [0, 0.05) is 13.0 Å². The highest BCUT2D eigenvalue weighted by Crippen LogP contribution is 2.27. The minimum Gasteiger partial charge on any atom is -0.271 e. The smallest absolute Gasteiger partial charge is 0.142 e. The fourth-order valence-electron chi connectivity index (χ4n) is 1.94. The van der Waals surface area contributed by atoms with Crippen molar-refractivity contribution in [1.29, 1.82) is 0 Å². The molecule has 1 atom stereocenters. The third kappa shape index (κ3) is 2.91. The van der Waals surface area contributed by atoms with E-state index in [1.165, 1.54) is 12.4 Å². The van der Waals surface area contributed by atoms with E-state index in [1.54, 1.807) is 16.8 Å². The van der Waals surface area contributed by atoms with Crippen molar-refractivity contribution >= 4 is 11.6 Å². The van der Waals surface area contributed by atoms with Crippen molar-refractivity contribution in [1.82, 2.24) is 20.2 Å². The molecule has 3 N–H and O–H groups in total. The molecule has 102 valence electrons. The Kier molecular flexibility index (Phi) is 4.47. The number of halogens is 2. The number of rotatable bonds is 5. The average molecular weight is 284 g/mol. The van der Waals surface area contributed by atoms with Gasteiger partial charge in [0.25, 0.3) is 0 Å². The maximum Gasteiger partial charge on any atom is 0.142 e. The molecule has 1 unspecified atom stereocenters. The summed E-state index contributed by atoms with van der Waals surface area (Å²) in [6, 6.07) is 4.33. The molecular formula is C12H15ClFN5. The van der Waals surface area contributed by atoms with E-state index in [4.69, 9.17) is 17.4 Å². The van der Waals surface area contributed by atoms with E-state index in [-0.39, 0.29) is 11.1 Å². The Morgan fingerprint density at radius 3 is 3.00 bits per heavy atom. The topological polar surface area (TPSA) is 68.8 Å². The molecule has 0 aliphatic rings. The second kappa shape index (κ2) is 6.10. The zero-order valence-corrected chi connectivity index (χ0v) is 11.2. The van der Waals surface area contributed by atoms with Gasteiger partial charge in [0.15, 0.2) is 0 Å². The molecule has 2 rings (SSSR count). The minimum atomic E-state index is -0.462. The normalized spacial score (nSPS) is 12.6. The first-order valence-electron chi connectivity index (χ1n) is 5.94. The van der Waals surface area contributed by atoms with E-state index in [9.17, 15) is 4.39 Å². The van der Waals surface area contributed by atoms with E-state index < -0.39 is 5.82 Å². The lowest BCUT2D eigenvalue weighted by atomic mass is 10.0. The van der Waals surface area contributed by atoms with Gasteiger partial charge in [0.05, 0.1) is 11.1 Å². The predicted molar refractivity (Wildman–Crippen MR) is 70.9 cm³/mol. The summed E-state index contributed by atoms with van der Waals surface area (Å²) in [6.07, 6.45) is 1.97. The highest BCUT2D eigenvalue weighted by molar-refractivity contribution is 6.31. The van der Waals surface area contributed by atoms with Crippen LogP contribution in [0.1, 0.15) is 24.4 Å². The Morgan fingerprint density at radius 1 is 1.53 bits per heavy atom. The van der Waals surface area contributed by atoms with E-state index in [0.717, 1.165) is 5.82 Å². The fourth-order valence-corrected chi connectivity index (χ4v) is 2.20. The number of hydrogen-bond acceptors (Lipinski definition) is 4. The van der Waals surface area contributed by atoms with Gasteiger partial charge in [0.2, 0.25) is 0 Å². The van der Waals surface area contributed by atoms with Gasteiger partial charge in [0.1, 0.15) is 18.0 Å². The summed E-state index contributed by atoms with van der Waals surface area (Å²) < 4.78 is 15.2. The number of nitrogens with two attached hydrogens (primary N) is 1. The molecule has 2 aromatic rings. The van der Waals surface area contributed by atoms with Crippen molar-refractivity contribution in [2.24, 2.45) is 5.84 Å². The zero-order chi connectivity index (χ0) is 13.8. The van der Waals surface area contributed by atoms with Crippen molar-refractivity contribution in [2.45, 2.75) is 25.9 Å². The highest BCUT2D eigenvalue weighted by atomic mass is 35.5. The maximum atomic E-state index is 13.5. The molecule has 0 saturated carbocycles. The van der Waals surface area contributed by atoms with Crippen LogP contribution in [0.2, 0.25) is 5.02 Å². The number of hydrazine groups is 1. The number of benzene rings is 1. The summed E-state index contributed by atoms with van der Waals surface area (Å²) in [6.45, 7) is 2.68. The van der Waals surface area contributed by atoms with E-state index >= 15 is 0 Å². The van der Waals surface area contributed by atoms with Gasteiger partial charge in [-0.15, -0.1) is 0 Å². The molecule has 0 radical (unpaired) electrons. The Hall–Kier alpha value is -1.50. The fraction of sp³-hybridized carbons (Fsp3) is 0.333. The Labute approximate surface area is 115 Å². The minimum absolute atomic E-state index is 0.0769. The maximum absolute atomic E-state index is 13.5. The molecule has 7 heteroatoms. The van der Waals surface area contributed by atoms with Crippen LogP contribution < -0.4 is 11.3 Å². The molecule has 19 heavy (non-hydrogen) atoms. The molecule has 0 saturated heterocycles. The second-order valence-electron chi connectivity index (χ2n) is 4.06. The summed E-state index contributed by atoms with van der Waals surface area (Å²) in [5, 5.41) is 4.16. The predicted octanol–water partition coefficient (Wildman–Crippen LogP) is 1.84. The summed E-state index contributed by atoms with van der Waals surface area (Å²) in [5.41, 5.74) is 3.25. The third-order valence-electron chi connectivity index (χ3n) is 2.94. The van der Waals surface area contributed by atoms with E-state index in [0.29, 0.717) is 18.5 Å². The van der Waals surface area contributed by atoms with Crippen molar-refractivity contribution in [3.63, 3.8) is 0 Å². The van der Waals surface area contributed by atoms with Gasteiger partial charge in [-0.2, -0.15) is 5.10 Å². The number of hydrogen-bond donors (Lipinski definition) is 2. The molecule has 0 fully saturated rings. The van der Waals surface area contributed by atoms with Crippen molar-refractivity contribution in [3.8, 4) is 0 Å². The van der Waals surface area contributed by atoms with Crippen molar-refractivity contribution in [2.75, 3.05) is 0 Å². The number of aryl methyl sites for hydroxylation is 1. The first-order chi connectivity index (χ1) is 9.17. The number of nitrogens with one attached hydrogen (secondary N) is 1. The van der Waals surface area contributed by atoms with E-state index in [1.807, 2.05) is 6.92 Å². The van der Waals surface area contributed by atoms with Gasteiger partial charge < -0.3 is 0 Å². The Morgan fingerprint density at radius 2 is 2.32 bits per heavy atom. The monoisotopic (exact) mass is 283 g/mol. The van der Waals surface area contributed by atoms with Crippen LogP contribution in [0.3, 0.4) is 0 Å². The quantitative estimate of drug-likeness (QED) is 0.649. The molecule has 0 spiro atoms. The van der Waals surface area contributed by atoms with Crippen molar-refractivity contribution < 1.29 is 4.39 Å². The second-order valence-corrected chi connectivity index (χ2v) is 4.44. The van der Waals surface area contributed by atoms with Crippen molar-refractivity contribution in [3.05, 3.63) is 46.8 Å². The standard InChI is InChI=1S/C12H15ClFN5/c1-2-19-11(16-7-17-19)6-10(18-15)8-4-3-5-9(14)12(8)13/h3-5,7,10,18H,2,6,15H2,1H3. The van der Waals surface area contributed by atoms with Crippen LogP contribution in [0, 0.1) is 5.82 Å². The summed E-state index contributed by atoms with van der Waals surface area (Å²) >= 11 is 5.97. The van der Waals surface area contributed by atoms with E-state index in [2.05, 4.69) is 15.5 Å². The molecule has 0 amide bonds. The Balaban J connectivity index is 2.28. The molecule has 1 heterocycles.